The Balaban J connectivity index is 1.62. The molecule has 5 heteroatoms. The monoisotopic (exact) mass is 312 g/mol. The summed E-state index contributed by atoms with van der Waals surface area (Å²) in [5, 5.41) is 0. The summed E-state index contributed by atoms with van der Waals surface area (Å²) < 4.78 is 0.788. The second-order valence-electron chi connectivity index (χ2n) is 7.07. The Labute approximate surface area is 138 Å². The van der Waals surface area contributed by atoms with E-state index in [2.05, 4.69) is 34.4 Å². The highest BCUT2D eigenvalue weighted by Gasteiger charge is 2.41. The fourth-order valence-electron chi connectivity index (χ4n) is 4.27. The quantitative estimate of drug-likeness (QED) is 0.872. The van der Waals surface area contributed by atoms with Crippen LogP contribution in [0, 0.1) is 0 Å². The van der Waals surface area contributed by atoms with Crippen molar-refractivity contribution >= 4 is 17.8 Å². The highest BCUT2D eigenvalue weighted by Crippen LogP contribution is 2.34. The first-order valence-corrected chi connectivity index (χ1v) is 8.82. The lowest BCUT2D eigenvalue weighted by molar-refractivity contribution is 0.336. The first-order chi connectivity index (χ1) is 11.3. The Morgan fingerprint density at radius 1 is 1.17 bits per heavy atom. The molecule has 0 radical (unpaired) electrons. The molecule has 1 aromatic heterocycles. The Bertz CT molecular complexity index is 602. The summed E-state index contributed by atoms with van der Waals surface area (Å²) in [7, 11) is 0. The van der Waals surface area contributed by atoms with E-state index in [9.17, 15) is 0 Å². The van der Waals surface area contributed by atoms with Crippen molar-refractivity contribution in [3.63, 3.8) is 0 Å². The van der Waals surface area contributed by atoms with Crippen molar-refractivity contribution in [2.45, 2.75) is 44.2 Å². The number of hydrogen-bond donors (Lipinski definition) is 1. The van der Waals surface area contributed by atoms with Gasteiger partial charge in [0.15, 0.2) is 6.34 Å². The number of aliphatic imine (C=N–C) groups is 1. The van der Waals surface area contributed by atoms with Gasteiger partial charge in [-0.1, -0.05) is 0 Å². The molecule has 1 aromatic rings. The molecule has 4 rings (SSSR count). The van der Waals surface area contributed by atoms with E-state index in [0.29, 0.717) is 12.1 Å². The van der Waals surface area contributed by atoms with Gasteiger partial charge in [0.25, 0.3) is 0 Å². The van der Waals surface area contributed by atoms with E-state index in [0.717, 1.165) is 36.4 Å². The molecule has 2 N–H and O–H groups in total. The molecule has 1 aliphatic carbocycles. The number of nitrogens with two attached hydrogens (primary N) is 1. The van der Waals surface area contributed by atoms with Gasteiger partial charge in [-0.2, -0.15) is 0 Å². The number of pyridine rings is 1. The van der Waals surface area contributed by atoms with Crippen LogP contribution in [-0.4, -0.2) is 43.0 Å². The third-order valence-corrected chi connectivity index (χ3v) is 5.60. The maximum Gasteiger partial charge on any atom is 0.234 e. The van der Waals surface area contributed by atoms with Gasteiger partial charge in [0, 0.05) is 44.2 Å². The minimum absolute atomic E-state index is 0.297. The minimum Gasteiger partial charge on any atom is -0.369 e. The third-order valence-electron chi connectivity index (χ3n) is 5.60. The summed E-state index contributed by atoms with van der Waals surface area (Å²) in [5.74, 6) is 1.12. The van der Waals surface area contributed by atoms with Crippen molar-refractivity contribution in [3.8, 4) is 0 Å². The Morgan fingerprint density at radius 2 is 2.04 bits per heavy atom. The molecule has 2 fully saturated rings. The summed E-state index contributed by atoms with van der Waals surface area (Å²) >= 11 is 0. The van der Waals surface area contributed by atoms with Crippen LogP contribution < -0.4 is 15.1 Å². The molecule has 2 atom stereocenters. The highest BCUT2D eigenvalue weighted by atomic mass is 15.4. The molecule has 0 spiro atoms. The lowest BCUT2D eigenvalue weighted by Crippen LogP contribution is -2.56. The molecule has 0 amide bonds. The number of aromatic nitrogens is 1. The van der Waals surface area contributed by atoms with Gasteiger partial charge in [-0.3, -0.25) is 0 Å². The summed E-state index contributed by atoms with van der Waals surface area (Å²) in [5.41, 5.74) is 7.21. The summed E-state index contributed by atoms with van der Waals surface area (Å²) in [6.07, 6.45) is 14.5. The molecule has 1 saturated heterocycles. The Hall–Kier alpha value is -1.72. The molecule has 3 aliphatic rings. The molecular formula is C18H26N5+. The van der Waals surface area contributed by atoms with Crippen molar-refractivity contribution in [1.82, 2.24) is 9.47 Å². The van der Waals surface area contributed by atoms with Gasteiger partial charge in [0.1, 0.15) is 12.6 Å². The zero-order valence-corrected chi connectivity index (χ0v) is 13.6. The average Bonchev–Trinajstić information content (AvgIpc) is 3.27. The molecular weight excluding hydrogens is 286 g/mol. The molecule has 3 heterocycles. The van der Waals surface area contributed by atoms with Crippen LogP contribution in [0.5, 0.6) is 0 Å². The van der Waals surface area contributed by atoms with Crippen LogP contribution in [0.1, 0.15) is 32.1 Å². The lowest BCUT2D eigenvalue weighted by Gasteiger charge is -2.38. The van der Waals surface area contributed by atoms with Crippen LogP contribution in [0.25, 0.3) is 0 Å². The van der Waals surface area contributed by atoms with E-state index in [1.54, 1.807) is 0 Å². The van der Waals surface area contributed by atoms with Gasteiger partial charge >= 0.3 is 0 Å². The van der Waals surface area contributed by atoms with E-state index >= 15 is 0 Å². The van der Waals surface area contributed by atoms with Crippen molar-refractivity contribution in [2.75, 3.05) is 24.5 Å². The molecule has 0 aromatic carbocycles. The Kier molecular flexibility index (Phi) is 3.91. The van der Waals surface area contributed by atoms with Crippen molar-refractivity contribution < 1.29 is 0 Å². The molecule has 0 bridgehead atoms. The number of quaternary nitrogens is 1. The largest absolute Gasteiger partial charge is 0.369 e. The number of hydrogen-bond acceptors (Lipinski definition) is 4. The topological polar surface area (TPSA) is 54.5 Å². The number of rotatable bonds is 3. The zero-order chi connectivity index (χ0) is 15.7. The second-order valence-corrected chi connectivity index (χ2v) is 7.07. The van der Waals surface area contributed by atoms with Crippen molar-refractivity contribution in [3.05, 3.63) is 30.6 Å². The lowest BCUT2D eigenvalue weighted by atomic mass is 10.1. The van der Waals surface area contributed by atoms with Gasteiger partial charge in [-0.05, 0) is 31.4 Å². The summed E-state index contributed by atoms with van der Waals surface area (Å²) in [4.78, 5) is 11.7. The second kappa shape index (κ2) is 6.06. The van der Waals surface area contributed by atoms with E-state index in [-0.39, 0.29) is 0 Å². The number of nitrogens with zero attached hydrogens (tertiary/aromatic N) is 4. The summed E-state index contributed by atoms with van der Waals surface area (Å²) in [6.45, 7) is 2.94. The van der Waals surface area contributed by atoms with Gasteiger partial charge in [-0.25, -0.2) is 14.5 Å². The van der Waals surface area contributed by atoms with Crippen LogP contribution in [0.15, 0.2) is 35.6 Å². The standard InChI is InChI=1S/C18H26N5/c19-15-8-10-22(13-15)16-6-7-18(21-12-16)23(11-3-9-20-14-23)17-4-1-2-5-17/h3,6-7,9,12,14-15,17H,1-2,4-5,8,10-11,13,19H2/q+1. The normalized spacial score (nSPS) is 31.2. The predicted octanol–water partition coefficient (Wildman–Crippen LogP) is 2.42. The van der Waals surface area contributed by atoms with Gasteiger partial charge in [-0.15, -0.1) is 0 Å². The van der Waals surface area contributed by atoms with Crippen LogP contribution in [0.2, 0.25) is 0 Å². The maximum absolute atomic E-state index is 6.02. The van der Waals surface area contributed by atoms with Gasteiger partial charge < -0.3 is 10.6 Å². The Morgan fingerprint density at radius 3 is 2.65 bits per heavy atom. The van der Waals surface area contributed by atoms with E-state index in [1.807, 2.05) is 12.4 Å². The van der Waals surface area contributed by atoms with Crippen LogP contribution in [-0.2, 0) is 0 Å². The summed E-state index contributed by atoms with van der Waals surface area (Å²) in [6, 6.07) is 5.32. The SMILES string of the molecule is NC1CCN(c2ccc([N+]3(C4CCCC4)C=NC=CC3)nc2)C1. The van der Waals surface area contributed by atoms with E-state index in [1.165, 1.54) is 31.4 Å². The van der Waals surface area contributed by atoms with Crippen LogP contribution >= 0.6 is 0 Å². The first kappa shape index (κ1) is 14.8. The molecule has 23 heavy (non-hydrogen) atoms. The molecule has 2 aliphatic heterocycles. The smallest absolute Gasteiger partial charge is 0.234 e. The van der Waals surface area contributed by atoms with E-state index < -0.39 is 0 Å². The third kappa shape index (κ3) is 2.68. The maximum atomic E-state index is 6.02. The minimum atomic E-state index is 0.297. The molecule has 2 unspecified atom stereocenters. The fraction of sp³-hybridized carbons (Fsp3) is 0.556. The zero-order valence-electron chi connectivity index (χ0n) is 13.6. The van der Waals surface area contributed by atoms with Crippen molar-refractivity contribution in [2.24, 2.45) is 10.7 Å². The highest BCUT2D eigenvalue weighted by molar-refractivity contribution is 5.75. The first-order valence-electron chi connectivity index (χ1n) is 8.82. The van der Waals surface area contributed by atoms with Crippen LogP contribution in [0.3, 0.4) is 0 Å². The predicted molar refractivity (Wildman–Crippen MR) is 95.6 cm³/mol. The fourth-order valence-corrected chi connectivity index (χ4v) is 4.27. The van der Waals surface area contributed by atoms with Crippen molar-refractivity contribution in [1.29, 1.82) is 0 Å². The molecule has 1 saturated carbocycles. The molecule has 122 valence electrons. The number of anilines is 1. The van der Waals surface area contributed by atoms with E-state index in [4.69, 9.17) is 10.7 Å². The van der Waals surface area contributed by atoms with Gasteiger partial charge in [0.2, 0.25) is 5.82 Å². The molecule has 5 nitrogen and oxygen atoms in total. The van der Waals surface area contributed by atoms with Gasteiger partial charge in [0.05, 0.1) is 11.9 Å². The average molecular weight is 312 g/mol. The van der Waals surface area contributed by atoms with Crippen LogP contribution in [0.4, 0.5) is 11.5 Å².